The predicted molar refractivity (Wildman–Crippen MR) is 73.5 cm³/mol. The molecule has 0 saturated carbocycles. The van der Waals surface area contributed by atoms with Gasteiger partial charge in [-0.2, -0.15) is 13.2 Å². The van der Waals surface area contributed by atoms with Gasteiger partial charge in [0.2, 0.25) is 0 Å². The number of halogens is 4. The van der Waals surface area contributed by atoms with Crippen LogP contribution >= 0.6 is 0 Å². The molecule has 1 N–H and O–H groups in total. The highest BCUT2D eigenvalue weighted by Gasteiger charge is 2.34. The summed E-state index contributed by atoms with van der Waals surface area (Å²) < 4.78 is 57.2. The Hall–Kier alpha value is -1.14. The zero-order chi connectivity index (χ0) is 16.3. The van der Waals surface area contributed by atoms with Gasteiger partial charge in [0.15, 0.2) is 0 Å². The van der Waals surface area contributed by atoms with E-state index in [0.29, 0.717) is 12.1 Å². The molecule has 0 amide bonds. The van der Waals surface area contributed by atoms with E-state index in [9.17, 15) is 17.6 Å². The minimum absolute atomic E-state index is 0.209. The van der Waals surface area contributed by atoms with Crippen LogP contribution in [0.3, 0.4) is 0 Å². The van der Waals surface area contributed by atoms with Gasteiger partial charge < -0.3 is 10.1 Å². The second-order valence-corrected chi connectivity index (χ2v) is 5.77. The summed E-state index contributed by atoms with van der Waals surface area (Å²) in [6.07, 6.45) is -4.71. The molecular weight excluding hydrogens is 286 g/mol. The monoisotopic (exact) mass is 307 g/mol. The molecule has 1 aromatic rings. The summed E-state index contributed by atoms with van der Waals surface area (Å²) >= 11 is 0. The molecule has 0 bridgehead atoms. The van der Waals surface area contributed by atoms with Gasteiger partial charge in [-0.05, 0) is 45.0 Å². The van der Waals surface area contributed by atoms with Crippen molar-refractivity contribution in [1.29, 1.82) is 0 Å². The number of ether oxygens (including phenoxy) is 1. The number of rotatable bonds is 5. The summed E-state index contributed by atoms with van der Waals surface area (Å²) in [5, 5.41) is 3.05. The molecule has 1 aromatic carbocycles. The lowest BCUT2D eigenvalue weighted by molar-refractivity contribution is -0.140. The van der Waals surface area contributed by atoms with Gasteiger partial charge >= 0.3 is 6.18 Å². The van der Waals surface area contributed by atoms with Gasteiger partial charge in [-0.15, -0.1) is 0 Å². The van der Waals surface area contributed by atoms with Crippen LogP contribution in [0.1, 0.15) is 44.9 Å². The molecule has 0 heterocycles. The molecule has 1 atom stereocenters. The van der Waals surface area contributed by atoms with Gasteiger partial charge in [0.1, 0.15) is 5.82 Å². The molecule has 1 rings (SSSR count). The molecule has 120 valence electrons. The van der Waals surface area contributed by atoms with Crippen LogP contribution < -0.4 is 5.32 Å². The van der Waals surface area contributed by atoms with Crippen LogP contribution in [0.5, 0.6) is 0 Å². The van der Waals surface area contributed by atoms with Gasteiger partial charge in [0.05, 0.1) is 23.8 Å². The molecule has 21 heavy (non-hydrogen) atoms. The molecule has 0 aliphatic heterocycles. The van der Waals surface area contributed by atoms with E-state index in [-0.39, 0.29) is 6.61 Å². The highest BCUT2D eigenvalue weighted by atomic mass is 19.4. The summed E-state index contributed by atoms with van der Waals surface area (Å²) in [6.45, 7) is 8.21. The van der Waals surface area contributed by atoms with E-state index < -0.39 is 29.2 Å². The predicted octanol–water partition coefficient (Wildman–Crippen LogP) is 4.31. The smallest absolute Gasteiger partial charge is 0.374 e. The minimum atomic E-state index is -4.71. The Kier molecular flexibility index (Phi) is 5.75. The molecular formula is C15H21F4NO. The molecule has 0 aromatic heterocycles. The minimum Gasteiger partial charge on any atom is -0.374 e. The van der Waals surface area contributed by atoms with E-state index >= 15 is 0 Å². The molecule has 1 unspecified atom stereocenters. The van der Waals surface area contributed by atoms with E-state index in [0.717, 1.165) is 12.1 Å². The van der Waals surface area contributed by atoms with E-state index in [1.54, 1.807) is 0 Å². The Morgan fingerprint density at radius 2 is 1.81 bits per heavy atom. The SMILES string of the molecule is CCNC(COC(C)(C)C)c1ccc(F)c(C(F)(F)F)c1. The fourth-order valence-electron chi connectivity index (χ4n) is 1.83. The summed E-state index contributed by atoms with van der Waals surface area (Å²) in [4.78, 5) is 0. The van der Waals surface area contributed by atoms with Crippen LogP contribution in [0.2, 0.25) is 0 Å². The summed E-state index contributed by atoms with van der Waals surface area (Å²) in [5.41, 5.74) is -1.30. The van der Waals surface area contributed by atoms with Crippen LogP contribution in [0.4, 0.5) is 17.6 Å². The average molecular weight is 307 g/mol. The number of benzene rings is 1. The molecule has 0 radical (unpaired) electrons. The number of likely N-dealkylation sites (N-methyl/N-ethyl adjacent to an activating group) is 1. The Morgan fingerprint density at radius 1 is 1.19 bits per heavy atom. The molecule has 0 fully saturated rings. The molecule has 0 aliphatic carbocycles. The third-order valence-corrected chi connectivity index (χ3v) is 2.83. The lowest BCUT2D eigenvalue weighted by Gasteiger charge is -2.25. The Morgan fingerprint density at radius 3 is 2.29 bits per heavy atom. The number of hydrogen-bond donors (Lipinski definition) is 1. The summed E-state index contributed by atoms with van der Waals surface area (Å²) in [6, 6.07) is 2.62. The third kappa shape index (κ3) is 5.63. The standard InChI is InChI=1S/C15H21F4NO/c1-5-20-13(9-21-14(2,3)4)10-6-7-12(16)11(8-10)15(17,18)19/h6-8,13,20H,5,9H2,1-4H3. The Labute approximate surface area is 122 Å². The van der Waals surface area contributed by atoms with Crippen molar-refractivity contribution in [1.82, 2.24) is 5.32 Å². The average Bonchev–Trinajstić information content (AvgIpc) is 2.33. The zero-order valence-electron chi connectivity index (χ0n) is 12.6. The number of hydrogen-bond acceptors (Lipinski definition) is 2. The van der Waals surface area contributed by atoms with Crippen LogP contribution in [0, 0.1) is 5.82 Å². The van der Waals surface area contributed by atoms with Gasteiger partial charge in [0.25, 0.3) is 0 Å². The van der Waals surface area contributed by atoms with Crippen LogP contribution in [0.25, 0.3) is 0 Å². The highest BCUT2D eigenvalue weighted by molar-refractivity contribution is 5.29. The van der Waals surface area contributed by atoms with Crippen molar-refractivity contribution in [2.45, 2.75) is 45.5 Å². The van der Waals surface area contributed by atoms with Crippen molar-refractivity contribution >= 4 is 0 Å². The number of nitrogens with one attached hydrogen (secondary N) is 1. The Balaban J connectivity index is 3.03. The Bertz CT molecular complexity index is 466. The molecule has 0 spiro atoms. The lowest BCUT2D eigenvalue weighted by Crippen LogP contribution is -2.30. The summed E-state index contributed by atoms with van der Waals surface area (Å²) in [7, 11) is 0. The third-order valence-electron chi connectivity index (χ3n) is 2.83. The van der Waals surface area contributed by atoms with Crippen LogP contribution in [0.15, 0.2) is 18.2 Å². The highest BCUT2D eigenvalue weighted by Crippen LogP contribution is 2.33. The fraction of sp³-hybridized carbons (Fsp3) is 0.600. The van der Waals surface area contributed by atoms with Crippen LogP contribution in [-0.4, -0.2) is 18.8 Å². The molecule has 6 heteroatoms. The first-order valence-electron chi connectivity index (χ1n) is 6.78. The van der Waals surface area contributed by atoms with Crippen molar-refractivity contribution in [3.05, 3.63) is 35.1 Å². The van der Waals surface area contributed by atoms with E-state index in [1.807, 2.05) is 27.7 Å². The van der Waals surface area contributed by atoms with Gasteiger partial charge in [-0.3, -0.25) is 0 Å². The van der Waals surface area contributed by atoms with E-state index in [2.05, 4.69) is 5.32 Å². The maximum absolute atomic E-state index is 13.3. The lowest BCUT2D eigenvalue weighted by atomic mass is 10.0. The van der Waals surface area contributed by atoms with Crippen molar-refractivity contribution in [3.63, 3.8) is 0 Å². The molecule has 0 aliphatic rings. The van der Waals surface area contributed by atoms with Crippen LogP contribution in [-0.2, 0) is 10.9 Å². The maximum Gasteiger partial charge on any atom is 0.419 e. The largest absolute Gasteiger partial charge is 0.419 e. The van der Waals surface area contributed by atoms with E-state index in [4.69, 9.17) is 4.74 Å². The van der Waals surface area contributed by atoms with Crippen molar-refractivity contribution in [3.8, 4) is 0 Å². The first kappa shape index (κ1) is 17.9. The van der Waals surface area contributed by atoms with E-state index in [1.165, 1.54) is 6.07 Å². The van der Waals surface area contributed by atoms with Crippen molar-refractivity contribution in [2.75, 3.05) is 13.2 Å². The van der Waals surface area contributed by atoms with Crippen molar-refractivity contribution in [2.24, 2.45) is 0 Å². The van der Waals surface area contributed by atoms with Gasteiger partial charge in [0, 0.05) is 0 Å². The second kappa shape index (κ2) is 6.75. The molecule has 0 saturated heterocycles. The van der Waals surface area contributed by atoms with Gasteiger partial charge in [-0.25, -0.2) is 4.39 Å². The maximum atomic E-state index is 13.3. The second-order valence-electron chi connectivity index (χ2n) is 5.77. The van der Waals surface area contributed by atoms with Crippen molar-refractivity contribution < 1.29 is 22.3 Å². The first-order chi connectivity index (χ1) is 9.54. The fourth-order valence-corrected chi connectivity index (χ4v) is 1.83. The van der Waals surface area contributed by atoms with Gasteiger partial charge in [-0.1, -0.05) is 13.0 Å². The topological polar surface area (TPSA) is 21.3 Å². The molecule has 2 nitrogen and oxygen atoms in total. The zero-order valence-corrected chi connectivity index (χ0v) is 12.6. The first-order valence-corrected chi connectivity index (χ1v) is 6.78. The quantitative estimate of drug-likeness (QED) is 0.818. The number of alkyl halides is 3. The normalized spacial score (nSPS) is 14.3. The summed E-state index contributed by atoms with van der Waals surface area (Å²) in [5.74, 6) is -1.27.